The molecule has 1 fully saturated rings. The van der Waals surface area contributed by atoms with Gasteiger partial charge in [-0.25, -0.2) is 9.97 Å². The van der Waals surface area contributed by atoms with Crippen molar-refractivity contribution in [3.63, 3.8) is 0 Å². The van der Waals surface area contributed by atoms with Crippen molar-refractivity contribution >= 4 is 11.7 Å². The van der Waals surface area contributed by atoms with Crippen molar-refractivity contribution < 1.29 is 9.53 Å². The van der Waals surface area contributed by atoms with E-state index in [1.807, 2.05) is 31.2 Å². The summed E-state index contributed by atoms with van der Waals surface area (Å²) >= 11 is 0. The average molecular weight is 367 g/mol. The maximum atomic E-state index is 12.9. The third kappa shape index (κ3) is 3.42. The first-order valence-corrected chi connectivity index (χ1v) is 9.02. The van der Waals surface area contributed by atoms with Crippen LogP contribution < -0.4 is 10.3 Å². The molecule has 1 aliphatic rings. The Morgan fingerprint density at radius 2 is 2.19 bits per heavy atom. The molecular formula is C19H21N5O3. The van der Waals surface area contributed by atoms with Crippen molar-refractivity contribution in [1.29, 1.82) is 0 Å². The highest BCUT2D eigenvalue weighted by molar-refractivity contribution is 5.93. The van der Waals surface area contributed by atoms with Crippen LogP contribution in [-0.2, 0) is 0 Å². The van der Waals surface area contributed by atoms with Gasteiger partial charge in [-0.05, 0) is 31.4 Å². The lowest BCUT2D eigenvalue weighted by Crippen LogP contribution is -2.43. The largest absolute Gasteiger partial charge is 0.493 e. The predicted octanol–water partition coefficient (Wildman–Crippen LogP) is 1.66. The van der Waals surface area contributed by atoms with E-state index in [1.54, 1.807) is 4.90 Å². The summed E-state index contributed by atoms with van der Waals surface area (Å²) in [4.78, 5) is 35.0. The van der Waals surface area contributed by atoms with Crippen LogP contribution in [0, 0.1) is 12.8 Å². The molecule has 8 heteroatoms. The number of aromatic nitrogens is 4. The van der Waals surface area contributed by atoms with Crippen LogP contribution in [0.5, 0.6) is 5.75 Å². The summed E-state index contributed by atoms with van der Waals surface area (Å²) in [5.74, 6) is 1.05. The van der Waals surface area contributed by atoms with E-state index >= 15 is 0 Å². The van der Waals surface area contributed by atoms with E-state index in [0.29, 0.717) is 19.7 Å². The number of rotatable bonds is 4. The summed E-state index contributed by atoms with van der Waals surface area (Å²) in [7, 11) is 0. The van der Waals surface area contributed by atoms with Gasteiger partial charge in [-0.2, -0.15) is 4.52 Å². The highest BCUT2D eigenvalue weighted by Gasteiger charge is 2.27. The molecule has 8 nitrogen and oxygen atoms in total. The molecule has 3 aromatic rings. The summed E-state index contributed by atoms with van der Waals surface area (Å²) in [6.45, 7) is 3.75. The number of piperidine rings is 1. The molecule has 1 unspecified atom stereocenters. The van der Waals surface area contributed by atoms with Gasteiger partial charge in [-0.1, -0.05) is 18.2 Å². The minimum atomic E-state index is -0.430. The summed E-state index contributed by atoms with van der Waals surface area (Å²) < 4.78 is 7.13. The van der Waals surface area contributed by atoms with Crippen LogP contribution in [0.3, 0.4) is 0 Å². The number of aryl methyl sites for hydroxylation is 1. The molecule has 1 N–H and O–H groups in total. The van der Waals surface area contributed by atoms with E-state index in [9.17, 15) is 9.59 Å². The number of hydrogen-bond acceptors (Lipinski definition) is 5. The second-order valence-corrected chi connectivity index (χ2v) is 6.84. The van der Waals surface area contributed by atoms with E-state index in [4.69, 9.17) is 4.74 Å². The number of benzene rings is 1. The fraction of sp³-hybridized carbons (Fsp3) is 0.368. The molecule has 0 aliphatic carbocycles. The van der Waals surface area contributed by atoms with E-state index in [0.717, 1.165) is 24.2 Å². The van der Waals surface area contributed by atoms with Gasteiger partial charge in [0.2, 0.25) is 0 Å². The molecule has 2 aromatic heterocycles. The van der Waals surface area contributed by atoms with Crippen molar-refractivity contribution in [2.24, 2.45) is 5.92 Å². The highest BCUT2D eigenvalue weighted by Crippen LogP contribution is 2.21. The summed E-state index contributed by atoms with van der Waals surface area (Å²) in [5.41, 5.74) is 0.714. The van der Waals surface area contributed by atoms with Gasteiger partial charge < -0.3 is 9.64 Å². The van der Waals surface area contributed by atoms with Gasteiger partial charge in [-0.3, -0.25) is 14.7 Å². The molecule has 1 saturated heterocycles. The van der Waals surface area contributed by atoms with Gasteiger partial charge in [0.25, 0.3) is 17.2 Å². The van der Waals surface area contributed by atoms with Gasteiger partial charge in [0.05, 0.1) is 6.61 Å². The number of fused-ring (bicyclic) bond motifs is 1. The van der Waals surface area contributed by atoms with Gasteiger partial charge in [-0.15, -0.1) is 0 Å². The molecule has 4 rings (SSSR count). The number of ether oxygens (including phenoxy) is 1. The standard InChI is InChI=1S/C19H21N5O3/c1-13-5-2-3-7-16(13)27-11-14-6-4-8-23(10-14)17(25)15-9-20-19-21-12-22-24(19)18(15)26/h2-3,5,7,9,12,14H,4,6,8,10-11H2,1H3,(H,20,21,22). The molecule has 1 aliphatic heterocycles. The number of nitrogens with zero attached hydrogens (tertiary/aromatic N) is 4. The van der Waals surface area contributed by atoms with Crippen LogP contribution in [0.2, 0.25) is 0 Å². The van der Waals surface area contributed by atoms with Gasteiger partial charge in [0, 0.05) is 25.2 Å². The lowest BCUT2D eigenvalue weighted by molar-refractivity contribution is 0.0630. The molecule has 1 atom stereocenters. The van der Waals surface area contributed by atoms with Crippen LogP contribution in [0.25, 0.3) is 5.78 Å². The summed E-state index contributed by atoms with van der Waals surface area (Å²) in [6, 6.07) is 7.89. The maximum Gasteiger partial charge on any atom is 0.286 e. The molecule has 1 aromatic carbocycles. The number of para-hydroxylation sites is 1. The zero-order valence-electron chi connectivity index (χ0n) is 15.1. The first-order valence-electron chi connectivity index (χ1n) is 9.02. The molecular weight excluding hydrogens is 346 g/mol. The van der Waals surface area contributed by atoms with Crippen LogP contribution in [0.4, 0.5) is 0 Å². The van der Waals surface area contributed by atoms with Crippen LogP contribution in [0.15, 0.2) is 41.6 Å². The first-order chi connectivity index (χ1) is 13.1. The first kappa shape index (κ1) is 17.3. The van der Waals surface area contributed by atoms with Crippen molar-refractivity contribution in [2.75, 3.05) is 19.7 Å². The number of amides is 1. The molecule has 0 spiro atoms. The van der Waals surface area contributed by atoms with Gasteiger partial charge >= 0.3 is 0 Å². The Morgan fingerprint density at radius 1 is 1.33 bits per heavy atom. The lowest BCUT2D eigenvalue weighted by atomic mass is 9.98. The quantitative estimate of drug-likeness (QED) is 0.757. The normalized spacial score (nSPS) is 17.2. The number of H-pyrrole nitrogens is 1. The fourth-order valence-electron chi connectivity index (χ4n) is 3.43. The smallest absolute Gasteiger partial charge is 0.286 e. The predicted molar refractivity (Wildman–Crippen MR) is 98.9 cm³/mol. The molecule has 0 saturated carbocycles. The number of likely N-dealkylation sites (tertiary alicyclic amines) is 1. The van der Waals surface area contributed by atoms with Crippen LogP contribution >= 0.6 is 0 Å². The van der Waals surface area contributed by atoms with Crippen LogP contribution in [0.1, 0.15) is 28.8 Å². The Kier molecular flexibility index (Phi) is 4.62. The van der Waals surface area contributed by atoms with Crippen molar-refractivity contribution in [1.82, 2.24) is 24.5 Å². The monoisotopic (exact) mass is 367 g/mol. The third-order valence-corrected chi connectivity index (χ3v) is 4.91. The molecule has 27 heavy (non-hydrogen) atoms. The lowest BCUT2D eigenvalue weighted by Gasteiger charge is -2.32. The third-order valence-electron chi connectivity index (χ3n) is 4.91. The highest BCUT2D eigenvalue weighted by atomic mass is 16.5. The molecule has 1 amide bonds. The van der Waals surface area contributed by atoms with E-state index < -0.39 is 5.56 Å². The number of aromatic amines is 1. The number of hydrogen-bond donors (Lipinski definition) is 1. The SMILES string of the molecule is Cc1ccccc1OCC1CCCN(C(=O)c2cnc3nc[nH]n3c2=O)C1. The molecule has 3 heterocycles. The molecule has 0 bridgehead atoms. The Hall–Kier alpha value is -3.16. The Balaban J connectivity index is 1.45. The van der Waals surface area contributed by atoms with Crippen molar-refractivity contribution in [3.05, 3.63) is 58.3 Å². The summed E-state index contributed by atoms with van der Waals surface area (Å²) in [6.07, 6.45) is 4.56. The Bertz CT molecular complexity index is 1030. The molecule has 0 radical (unpaired) electrons. The molecule has 140 valence electrons. The zero-order valence-corrected chi connectivity index (χ0v) is 15.1. The van der Waals surface area contributed by atoms with Gasteiger partial charge in [0.1, 0.15) is 17.6 Å². The second-order valence-electron chi connectivity index (χ2n) is 6.84. The Morgan fingerprint density at radius 3 is 3.04 bits per heavy atom. The Labute approximate surface area is 155 Å². The minimum Gasteiger partial charge on any atom is -0.493 e. The zero-order chi connectivity index (χ0) is 18.8. The average Bonchev–Trinajstić information content (AvgIpc) is 3.17. The van der Waals surface area contributed by atoms with Crippen molar-refractivity contribution in [3.8, 4) is 5.75 Å². The van der Waals surface area contributed by atoms with E-state index in [2.05, 4.69) is 15.1 Å². The second kappa shape index (κ2) is 7.22. The van der Waals surface area contributed by atoms with E-state index in [1.165, 1.54) is 17.0 Å². The van der Waals surface area contributed by atoms with Crippen molar-refractivity contribution in [2.45, 2.75) is 19.8 Å². The minimum absolute atomic E-state index is 0.0530. The topological polar surface area (TPSA) is 92.6 Å². The van der Waals surface area contributed by atoms with Crippen LogP contribution in [-0.4, -0.2) is 50.1 Å². The maximum absolute atomic E-state index is 12.9. The van der Waals surface area contributed by atoms with Gasteiger partial charge in [0.15, 0.2) is 0 Å². The number of carbonyl (C=O) groups is 1. The summed E-state index contributed by atoms with van der Waals surface area (Å²) in [5, 5.41) is 2.68. The number of carbonyl (C=O) groups excluding carboxylic acids is 1. The number of nitrogens with one attached hydrogen (secondary N) is 1. The fourth-order valence-corrected chi connectivity index (χ4v) is 3.43. The van der Waals surface area contributed by atoms with E-state index in [-0.39, 0.29) is 23.2 Å².